The van der Waals surface area contributed by atoms with Crippen molar-refractivity contribution < 1.29 is 4.74 Å². The molecule has 0 unspecified atom stereocenters. The van der Waals surface area contributed by atoms with E-state index in [0.29, 0.717) is 22.8 Å². The fourth-order valence-corrected chi connectivity index (χ4v) is 2.71. The van der Waals surface area contributed by atoms with E-state index < -0.39 is 0 Å². The number of nitrogens with zero attached hydrogens (tertiary/aromatic N) is 3. The summed E-state index contributed by atoms with van der Waals surface area (Å²) in [6, 6.07) is 9.62. The van der Waals surface area contributed by atoms with E-state index in [0.717, 1.165) is 11.4 Å². The van der Waals surface area contributed by atoms with Gasteiger partial charge in [-0.25, -0.2) is 9.67 Å². The Morgan fingerprint density at radius 2 is 2.14 bits per heavy atom. The lowest BCUT2D eigenvalue weighted by Crippen LogP contribution is -2.10. The molecule has 3 rings (SSSR count). The van der Waals surface area contributed by atoms with Crippen LogP contribution < -0.4 is 5.56 Å². The first-order valence-corrected chi connectivity index (χ1v) is 7.43. The van der Waals surface area contributed by atoms with Crippen LogP contribution in [0.5, 0.6) is 0 Å². The maximum atomic E-state index is 12.1. The Balaban J connectivity index is 2.05. The quantitative estimate of drug-likeness (QED) is 0.442. The third-order valence-electron chi connectivity index (χ3n) is 2.94. The average molecular weight is 302 g/mol. The van der Waals surface area contributed by atoms with E-state index in [1.165, 1.54) is 18.0 Å². The number of benzene rings is 1. The second kappa shape index (κ2) is 6.11. The summed E-state index contributed by atoms with van der Waals surface area (Å²) >= 11 is 1.45. The lowest BCUT2D eigenvalue weighted by molar-refractivity contribution is 0.218. The van der Waals surface area contributed by atoms with Crippen molar-refractivity contribution in [2.45, 2.75) is 5.16 Å². The van der Waals surface area contributed by atoms with Crippen LogP contribution in [0.1, 0.15) is 0 Å². The highest BCUT2D eigenvalue weighted by Crippen LogP contribution is 2.17. The second-order valence-corrected chi connectivity index (χ2v) is 5.43. The molecule has 2 heterocycles. The molecule has 2 aromatic heterocycles. The highest BCUT2D eigenvalue weighted by molar-refractivity contribution is 7.99. The number of para-hydroxylation sites is 1. The number of nitrogens with one attached hydrogen (secondary N) is 1. The monoisotopic (exact) mass is 302 g/mol. The summed E-state index contributed by atoms with van der Waals surface area (Å²) in [4.78, 5) is 19.3. The topological polar surface area (TPSA) is 72.8 Å². The highest BCUT2D eigenvalue weighted by Gasteiger charge is 2.11. The molecule has 0 radical (unpaired) electrons. The summed E-state index contributed by atoms with van der Waals surface area (Å²) < 4.78 is 6.67. The maximum absolute atomic E-state index is 12.1. The summed E-state index contributed by atoms with van der Waals surface area (Å²) in [5, 5.41) is 5.32. The molecule has 0 fully saturated rings. The molecule has 3 aromatic rings. The van der Waals surface area contributed by atoms with Gasteiger partial charge in [-0.1, -0.05) is 30.0 Å². The van der Waals surface area contributed by atoms with E-state index in [4.69, 9.17) is 4.74 Å². The molecule has 0 aliphatic heterocycles. The SMILES string of the molecule is COCCSc1nc2c(cnn2-c2ccccc2)c(=O)[nH]1. The minimum absolute atomic E-state index is 0.179. The molecule has 0 bridgehead atoms. The van der Waals surface area contributed by atoms with Crippen LogP contribution in [-0.2, 0) is 4.74 Å². The van der Waals surface area contributed by atoms with Gasteiger partial charge in [-0.15, -0.1) is 0 Å². The van der Waals surface area contributed by atoms with Crippen LogP contribution in [0, 0.1) is 0 Å². The van der Waals surface area contributed by atoms with Gasteiger partial charge in [0, 0.05) is 12.9 Å². The van der Waals surface area contributed by atoms with Gasteiger partial charge in [0.25, 0.3) is 5.56 Å². The molecule has 0 aliphatic rings. The van der Waals surface area contributed by atoms with Crippen molar-refractivity contribution in [3.05, 3.63) is 46.9 Å². The van der Waals surface area contributed by atoms with Crippen LogP contribution >= 0.6 is 11.8 Å². The maximum Gasteiger partial charge on any atom is 0.262 e. The van der Waals surface area contributed by atoms with Gasteiger partial charge in [0.2, 0.25) is 0 Å². The number of fused-ring (bicyclic) bond motifs is 1. The van der Waals surface area contributed by atoms with Gasteiger partial charge in [0.15, 0.2) is 10.8 Å². The minimum Gasteiger partial charge on any atom is -0.384 e. The predicted octanol–water partition coefficient (Wildman–Crippen LogP) is 1.85. The number of H-pyrrole nitrogens is 1. The summed E-state index contributed by atoms with van der Waals surface area (Å²) in [6.45, 7) is 0.602. The first kappa shape index (κ1) is 13.8. The lowest BCUT2D eigenvalue weighted by Gasteiger charge is -2.04. The molecule has 0 saturated heterocycles. The highest BCUT2D eigenvalue weighted by atomic mass is 32.2. The van der Waals surface area contributed by atoms with E-state index in [1.807, 2.05) is 30.3 Å². The molecule has 0 amide bonds. The normalized spacial score (nSPS) is 11.1. The number of hydrogen-bond acceptors (Lipinski definition) is 5. The third kappa shape index (κ3) is 2.84. The summed E-state index contributed by atoms with van der Waals surface area (Å²) in [7, 11) is 1.64. The minimum atomic E-state index is -0.179. The van der Waals surface area contributed by atoms with E-state index in [1.54, 1.807) is 11.8 Å². The Morgan fingerprint density at radius 1 is 1.33 bits per heavy atom. The van der Waals surface area contributed by atoms with Gasteiger partial charge in [0.05, 0.1) is 18.5 Å². The van der Waals surface area contributed by atoms with Gasteiger partial charge in [-0.3, -0.25) is 4.79 Å². The Hall–Kier alpha value is -2.12. The number of hydrogen-bond donors (Lipinski definition) is 1. The van der Waals surface area contributed by atoms with Crippen molar-refractivity contribution in [1.82, 2.24) is 19.7 Å². The van der Waals surface area contributed by atoms with Crippen LogP contribution in [0.4, 0.5) is 0 Å². The first-order valence-electron chi connectivity index (χ1n) is 6.45. The zero-order chi connectivity index (χ0) is 14.7. The van der Waals surface area contributed by atoms with Crippen molar-refractivity contribution in [1.29, 1.82) is 0 Å². The largest absolute Gasteiger partial charge is 0.384 e. The average Bonchev–Trinajstić information content (AvgIpc) is 2.93. The van der Waals surface area contributed by atoms with Crippen LogP contribution in [-0.4, -0.2) is 39.2 Å². The van der Waals surface area contributed by atoms with E-state index >= 15 is 0 Å². The molecule has 1 aromatic carbocycles. The molecule has 0 atom stereocenters. The molecule has 7 heteroatoms. The molecule has 0 saturated carbocycles. The zero-order valence-corrected chi connectivity index (χ0v) is 12.3. The van der Waals surface area contributed by atoms with Crippen LogP contribution in [0.15, 0.2) is 46.5 Å². The lowest BCUT2D eigenvalue weighted by atomic mass is 10.3. The number of methoxy groups -OCH3 is 1. The van der Waals surface area contributed by atoms with Gasteiger partial charge in [-0.2, -0.15) is 5.10 Å². The molecule has 1 N–H and O–H groups in total. The summed E-state index contributed by atoms with van der Waals surface area (Å²) in [5.74, 6) is 0.727. The second-order valence-electron chi connectivity index (χ2n) is 4.34. The number of thioether (sulfide) groups is 1. The smallest absolute Gasteiger partial charge is 0.262 e. The molecule has 0 aliphatic carbocycles. The summed E-state index contributed by atoms with van der Waals surface area (Å²) in [6.07, 6.45) is 1.54. The van der Waals surface area contributed by atoms with Crippen molar-refractivity contribution in [3.8, 4) is 5.69 Å². The van der Waals surface area contributed by atoms with Crippen molar-refractivity contribution in [2.75, 3.05) is 19.5 Å². The predicted molar refractivity (Wildman–Crippen MR) is 82.1 cm³/mol. The zero-order valence-electron chi connectivity index (χ0n) is 11.4. The number of ether oxygens (including phenoxy) is 1. The van der Waals surface area contributed by atoms with Crippen LogP contribution in [0.25, 0.3) is 16.7 Å². The molecule has 108 valence electrons. The van der Waals surface area contributed by atoms with Crippen molar-refractivity contribution in [3.63, 3.8) is 0 Å². The third-order valence-corrected chi connectivity index (χ3v) is 3.78. The molecular weight excluding hydrogens is 288 g/mol. The fraction of sp³-hybridized carbons (Fsp3) is 0.214. The van der Waals surface area contributed by atoms with Gasteiger partial charge < -0.3 is 9.72 Å². The molecule has 6 nitrogen and oxygen atoms in total. The number of aromatic nitrogens is 4. The van der Waals surface area contributed by atoms with Gasteiger partial charge in [-0.05, 0) is 12.1 Å². The van der Waals surface area contributed by atoms with Gasteiger partial charge >= 0.3 is 0 Å². The first-order chi connectivity index (χ1) is 10.3. The molecular formula is C14H14N4O2S. The Bertz CT molecular complexity index is 798. The van der Waals surface area contributed by atoms with Crippen molar-refractivity contribution in [2.24, 2.45) is 0 Å². The Morgan fingerprint density at radius 3 is 2.90 bits per heavy atom. The van der Waals surface area contributed by atoms with Gasteiger partial charge in [0.1, 0.15) is 5.39 Å². The fourth-order valence-electron chi connectivity index (χ4n) is 1.95. The standard InChI is InChI=1S/C14H14N4O2S/c1-20-7-8-21-14-16-12-11(13(19)17-14)9-15-18(12)10-5-3-2-4-6-10/h2-6,9H,7-8H2,1H3,(H,16,17,19). The van der Waals surface area contributed by atoms with E-state index in [9.17, 15) is 4.79 Å². The molecule has 21 heavy (non-hydrogen) atoms. The number of aromatic amines is 1. The van der Waals surface area contributed by atoms with Crippen LogP contribution in [0.3, 0.4) is 0 Å². The Kier molecular flexibility index (Phi) is 4.03. The number of rotatable bonds is 5. The van der Waals surface area contributed by atoms with Crippen molar-refractivity contribution >= 4 is 22.8 Å². The van der Waals surface area contributed by atoms with Crippen LogP contribution in [0.2, 0.25) is 0 Å². The Labute approximate surface area is 125 Å². The van der Waals surface area contributed by atoms with E-state index in [-0.39, 0.29) is 5.56 Å². The summed E-state index contributed by atoms with van der Waals surface area (Å²) in [5.41, 5.74) is 1.26. The molecule has 0 spiro atoms. The van der Waals surface area contributed by atoms with E-state index in [2.05, 4.69) is 15.1 Å².